The molecule has 1 aliphatic rings. The molecule has 0 saturated heterocycles. The summed E-state index contributed by atoms with van der Waals surface area (Å²) in [5.74, 6) is 0.987. The van der Waals surface area contributed by atoms with E-state index in [0.717, 1.165) is 36.4 Å². The molecule has 7 nitrogen and oxygen atoms in total. The van der Waals surface area contributed by atoms with Gasteiger partial charge in [0.25, 0.3) is 11.8 Å². The van der Waals surface area contributed by atoms with Gasteiger partial charge in [-0.25, -0.2) is 4.98 Å². The van der Waals surface area contributed by atoms with E-state index >= 15 is 0 Å². The quantitative estimate of drug-likeness (QED) is 0.520. The largest absolute Gasteiger partial charge is 0.497 e. The summed E-state index contributed by atoms with van der Waals surface area (Å²) in [6, 6.07) is 16.3. The highest BCUT2D eigenvalue weighted by atomic mass is 32.1. The van der Waals surface area contributed by atoms with E-state index in [2.05, 4.69) is 15.6 Å². The number of amides is 2. The lowest BCUT2D eigenvalue weighted by Gasteiger charge is -2.32. The van der Waals surface area contributed by atoms with Crippen LogP contribution in [0.4, 0.5) is 0 Å². The Morgan fingerprint density at radius 3 is 2.39 bits per heavy atom. The van der Waals surface area contributed by atoms with Crippen LogP contribution in [0.2, 0.25) is 0 Å². The van der Waals surface area contributed by atoms with Crippen LogP contribution in [-0.4, -0.2) is 36.0 Å². The molecule has 3 aromatic rings. The van der Waals surface area contributed by atoms with Crippen molar-refractivity contribution in [2.45, 2.75) is 44.4 Å². The van der Waals surface area contributed by atoms with Gasteiger partial charge in [-0.1, -0.05) is 37.1 Å². The normalized spacial score (nSPS) is 17.7. The number of carbonyl (C=O) groups is 2. The molecule has 172 valence electrons. The van der Waals surface area contributed by atoms with Gasteiger partial charge in [-0.15, -0.1) is 11.3 Å². The third-order valence-corrected chi connectivity index (χ3v) is 6.44. The van der Waals surface area contributed by atoms with Crippen LogP contribution in [0.25, 0.3) is 0 Å². The summed E-state index contributed by atoms with van der Waals surface area (Å²) in [7, 11) is 1.57. The van der Waals surface area contributed by atoms with E-state index in [0.29, 0.717) is 23.6 Å². The first kappa shape index (κ1) is 22.8. The molecule has 0 bridgehead atoms. The van der Waals surface area contributed by atoms with Crippen molar-refractivity contribution in [1.29, 1.82) is 0 Å². The van der Waals surface area contributed by atoms with Gasteiger partial charge in [0.2, 0.25) is 0 Å². The number of ether oxygens (including phenoxy) is 2. The van der Waals surface area contributed by atoms with Crippen molar-refractivity contribution in [1.82, 2.24) is 15.6 Å². The van der Waals surface area contributed by atoms with Crippen LogP contribution >= 0.6 is 11.3 Å². The van der Waals surface area contributed by atoms with Gasteiger partial charge in [0.1, 0.15) is 28.8 Å². The van der Waals surface area contributed by atoms with Gasteiger partial charge in [0.05, 0.1) is 7.11 Å². The third kappa shape index (κ3) is 6.10. The van der Waals surface area contributed by atoms with E-state index < -0.39 is 0 Å². The van der Waals surface area contributed by atoms with Gasteiger partial charge >= 0.3 is 0 Å². The Balaban J connectivity index is 1.35. The molecule has 1 heterocycles. The summed E-state index contributed by atoms with van der Waals surface area (Å²) >= 11 is 1.39. The van der Waals surface area contributed by atoms with E-state index in [1.165, 1.54) is 11.3 Å². The van der Waals surface area contributed by atoms with Crippen LogP contribution in [0.3, 0.4) is 0 Å². The van der Waals surface area contributed by atoms with Gasteiger partial charge in [-0.05, 0) is 43.2 Å². The topological polar surface area (TPSA) is 89.6 Å². The van der Waals surface area contributed by atoms with E-state index in [1.807, 2.05) is 30.3 Å². The Labute approximate surface area is 197 Å². The van der Waals surface area contributed by atoms with Crippen LogP contribution in [-0.2, 0) is 6.61 Å². The smallest absolute Gasteiger partial charge is 0.271 e. The lowest BCUT2D eigenvalue weighted by atomic mass is 9.90. The highest BCUT2D eigenvalue weighted by Gasteiger charge is 2.29. The number of nitrogens with zero attached hydrogens (tertiary/aromatic N) is 1. The molecular formula is C25H27N3O4S. The number of carbonyl (C=O) groups excluding carboxylic acids is 2. The molecule has 8 heteroatoms. The molecule has 2 amide bonds. The van der Waals surface area contributed by atoms with Gasteiger partial charge in [0.15, 0.2) is 0 Å². The van der Waals surface area contributed by atoms with Crippen molar-refractivity contribution in [3.63, 3.8) is 0 Å². The monoisotopic (exact) mass is 465 g/mol. The predicted molar refractivity (Wildman–Crippen MR) is 127 cm³/mol. The average Bonchev–Trinajstić information content (AvgIpc) is 3.34. The van der Waals surface area contributed by atoms with Crippen molar-refractivity contribution >= 4 is 23.2 Å². The highest BCUT2D eigenvalue weighted by molar-refractivity contribution is 7.09. The molecule has 1 aromatic heterocycles. The molecule has 4 rings (SSSR count). The molecule has 1 saturated carbocycles. The number of thiazole rings is 1. The molecule has 0 radical (unpaired) electrons. The Kier molecular flexibility index (Phi) is 7.57. The number of benzene rings is 2. The molecule has 2 N–H and O–H groups in total. The summed E-state index contributed by atoms with van der Waals surface area (Å²) < 4.78 is 10.9. The van der Waals surface area contributed by atoms with Gasteiger partial charge in [0, 0.05) is 23.0 Å². The predicted octanol–water partition coefficient (Wildman–Crippen LogP) is 4.20. The first-order valence-corrected chi connectivity index (χ1v) is 11.9. The number of rotatable bonds is 8. The summed E-state index contributed by atoms with van der Waals surface area (Å²) in [6.45, 7) is 0.310. The van der Waals surface area contributed by atoms with Gasteiger partial charge in [-0.2, -0.15) is 0 Å². The lowest BCUT2D eigenvalue weighted by molar-refractivity contribution is 0.0860. The molecule has 1 fully saturated rings. The number of methoxy groups -OCH3 is 1. The number of nitrogens with one attached hydrogen (secondary N) is 2. The minimum atomic E-state index is -0.232. The molecule has 0 unspecified atom stereocenters. The Morgan fingerprint density at radius 1 is 0.970 bits per heavy atom. The molecule has 2 aromatic carbocycles. The summed E-state index contributed by atoms with van der Waals surface area (Å²) in [5.41, 5.74) is 0.905. The van der Waals surface area contributed by atoms with Crippen LogP contribution in [0.1, 0.15) is 51.5 Å². The van der Waals surface area contributed by atoms with E-state index in [-0.39, 0.29) is 23.9 Å². The number of aromatic nitrogens is 1. The highest BCUT2D eigenvalue weighted by Crippen LogP contribution is 2.21. The number of hydrogen-bond donors (Lipinski definition) is 2. The van der Waals surface area contributed by atoms with Crippen molar-refractivity contribution in [3.8, 4) is 11.5 Å². The summed E-state index contributed by atoms with van der Waals surface area (Å²) in [5, 5.41) is 8.64. The van der Waals surface area contributed by atoms with Crippen LogP contribution < -0.4 is 20.1 Å². The second-order valence-corrected chi connectivity index (χ2v) is 8.85. The van der Waals surface area contributed by atoms with Crippen LogP contribution in [0.15, 0.2) is 60.0 Å². The first-order valence-electron chi connectivity index (χ1n) is 11.0. The Hall–Kier alpha value is -3.39. The molecule has 0 aliphatic heterocycles. The second kappa shape index (κ2) is 11.0. The third-order valence-electron chi connectivity index (χ3n) is 5.62. The van der Waals surface area contributed by atoms with Gasteiger partial charge in [-0.3, -0.25) is 9.59 Å². The van der Waals surface area contributed by atoms with E-state index in [9.17, 15) is 9.59 Å². The van der Waals surface area contributed by atoms with Crippen LogP contribution in [0.5, 0.6) is 11.5 Å². The van der Waals surface area contributed by atoms with Gasteiger partial charge < -0.3 is 20.1 Å². The number of para-hydroxylation sites is 1. The van der Waals surface area contributed by atoms with Crippen molar-refractivity contribution in [2.24, 2.45) is 0 Å². The first-order chi connectivity index (χ1) is 16.1. The fourth-order valence-electron chi connectivity index (χ4n) is 3.88. The molecule has 2 atom stereocenters. The van der Waals surface area contributed by atoms with E-state index in [1.54, 1.807) is 36.8 Å². The molecule has 0 spiro atoms. The zero-order valence-electron chi connectivity index (χ0n) is 18.5. The molecule has 1 aliphatic carbocycles. The average molecular weight is 466 g/mol. The van der Waals surface area contributed by atoms with E-state index in [4.69, 9.17) is 9.47 Å². The van der Waals surface area contributed by atoms with Crippen molar-refractivity contribution in [3.05, 3.63) is 76.2 Å². The van der Waals surface area contributed by atoms with Crippen molar-refractivity contribution < 1.29 is 19.1 Å². The second-order valence-electron chi connectivity index (χ2n) is 7.90. The summed E-state index contributed by atoms with van der Waals surface area (Å²) in [6.07, 6.45) is 3.63. The fourth-order valence-corrected chi connectivity index (χ4v) is 4.56. The maximum atomic E-state index is 12.8. The standard InChI is InChI=1S/C25H27N3O4S/c1-31-19-11-7-8-17(14-19)24(29)27-20-12-5-6-13-21(20)28-25(30)22-16-33-23(26-22)15-32-18-9-3-2-4-10-18/h2-4,7-11,14,16,20-21H,5-6,12-13,15H2,1H3,(H,27,29)(H,28,30)/t20-,21-/m1/s1. The maximum Gasteiger partial charge on any atom is 0.271 e. The van der Waals surface area contributed by atoms with Crippen LogP contribution in [0, 0.1) is 0 Å². The fraction of sp³-hybridized carbons (Fsp3) is 0.320. The zero-order valence-corrected chi connectivity index (χ0v) is 19.3. The SMILES string of the molecule is COc1cccc(C(=O)N[C@@H]2CCCC[C@H]2NC(=O)c2csc(COc3ccccc3)n2)c1. The lowest BCUT2D eigenvalue weighted by Crippen LogP contribution is -2.53. The summed E-state index contributed by atoms with van der Waals surface area (Å²) in [4.78, 5) is 30.0. The number of hydrogen-bond acceptors (Lipinski definition) is 6. The minimum Gasteiger partial charge on any atom is -0.497 e. The maximum absolute atomic E-state index is 12.8. The van der Waals surface area contributed by atoms with Crippen molar-refractivity contribution in [2.75, 3.05) is 7.11 Å². The molecular weight excluding hydrogens is 438 g/mol. The Bertz CT molecular complexity index is 1090. The Morgan fingerprint density at radius 2 is 1.67 bits per heavy atom. The molecule has 33 heavy (non-hydrogen) atoms. The minimum absolute atomic E-state index is 0.138. The zero-order chi connectivity index (χ0) is 23.0.